The lowest BCUT2D eigenvalue weighted by Gasteiger charge is -2.11. The van der Waals surface area contributed by atoms with Gasteiger partial charge in [-0.05, 0) is 29.2 Å². The van der Waals surface area contributed by atoms with Crippen LogP contribution in [0.1, 0.15) is 35.7 Å². The van der Waals surface area contributed by atoms with Crippen molar-refractivity contribution in [3.8, 4) is 11.1 Å². The van der Waals surface area contributed by atoms with Gasteiger partial charge in [-0.25, -0.2) is 9.18 Å². The van der Waals surface area contributed by atoms with Crippen LogP contribution in [0, 0.1) is 5.82 Å². The van der Waals surface area contributed by atoms with Gasteiger partial charge in [0.15, 0.2) is 0 Å². The minimum Gasteiger partial charge on any atom is -0.465 e. The second-order valence-corrected chi connectivity index (χ2v) is 4.93. The Morgan fingerprint density at radius 2 is 1.80 bits per heavy atom. The summed E-state index contributed by atoms with van der Waals surface area (Å²) in [5.41, 5.74) is 2.26. The molecular formula is C17H17FO2. The van der Waals surface area contributed by atoms with Crippen molar-refractivity contribution in [3.05, 3.63) is 59.4 Å². The lowest BCUT2D eigenvalue weighted by Crippen LogP contribution is -2.04. The van der Waals surface area contributed by atoms with Gasteiger partial charge in [-0.2, -0.15) is 0 Å². The Morgan fingerprint density at radius 3 is 2.40 bits per heavy atom. The molecule has 0 spiro atoms. The highest BCUT2D eigenvalue weighted by Crippen LogP contribution is 2.29. The van der Waals surface area contributed by atoms with Crippen molar-refractivity contribution in [3.63, 3.8) is 0 Å². The van der Waals surface area contributed by atoms with Crippen molar-refractivity contribution in [2.75, 3.05) is 7.11 Å². The van der Waals surface area contributed by atoms with Gasteiger partial charge in [0, 0.05) is 5.56 Å². The number of ether oxygens (including phenoxy) is 1. The average molecular weight is 272 g/mol. The van der Waals surface area contributed by atoms with Crippen LogP contribution >= 0.6 is 0 Å². The van der Waals surface area contributed by atoms with E-state index in [0.29, 0.717) is 16.7 Å². The summed E-state index contributed by atoms with van der Waals surface area (Å²) in [6.45, 7) is 4.02. The van der Waals surface area contributed by atoms with Gasteiger partial charge in [0.25, 0.3) is 0 Å². The third-order valence-corrected chi connectivity index (χ3v) is 3.28. The van der Waals surface area contributed by atoms with E-state index >= 15 is 0 Å². The van der Waals surface area contributed by atoms with Gasteiger partial charge >= 0.3 is 5.97 Å². The third-order valence-electron chi connectivity index (χ3n) is 3.28. The highest BCUT2D eigenvalue weighted by atomic mass is 19.1. The molecule has 104 valence electrons. The molecule has 0 aliphatic carbocycles. The van der Waals surface area contributed by atoms with Gasteiger partial charge in [0.05, 0.1) is 12.7 Å². The Kier molecular flexibility index (Phi) is 4.18. The molecule has 2 nitrogen and oxygen atoms in total. The summed E-state index contributed by atoms with van der Waals surface area (Å²) in [6.07, 6.45) is 0. The maximum absolute atomic E-state index is 14.3. The number of methoxy groups -OCH3 is 1. The topological polar surface area (TPSA) is 26.3 Å². The normalized spacial score (nSPS) is 10.7. The van der Waals surface area contributed by atoms with Crippen LogP contribution in [0.4, 0.5) is 4.39 Å². The van der Waals surface area contributed by atoms with Crippen LogP contribution < -0.4 is 0 Å². The first kappa shape index (κ1) is 14.3. The molecule has 0 saturated heterocycles. The van der Waals surface area contributed by atoms with Crippen LogP contribution in [0.25, 0.3) is 11.1 Å². The molecule has 20 heavy (non-hydrogen) atoms. The number of rotatable bonds is 3. The Balaban J connectivity index is 2.55. The lowest BCUT2D eigenvalue weighted by atomic mass is 9.95. The Hall–Kier alpha value is -2.16. The summed E-state index contributed by atoms with van der Waals surface area (Å²) >= 11 is 0. The molecule has 2 aromatic rings. The van der Waals surface area contributed by atoms with E-state index < -0.39 is 5.97 Å². The first-order valence-corrected chi connectivity index (χ1v) is 6.51. The quantitative estimate of drug-likeness (QED) is 0.774. The predicted octanol–water partition coefficient (Wildman–Crippen LogP) is 4.40. The van der Waals surface area contributed by atoms with Crippen molar-refractivity contribution in [1.82, 2.24) is 0 Å². The van der Waals surface area contributed by atoms with E-state index in [1.54, 1.807) is 30.3 Å². The van der Waals surface area contributed by atoms with Gasteiger partial charge in [0.1, 0.15) is 5.82 Å². The van der Waals surface area contributed by atoms with E-state index in [1.165, 1.54) is 13.2 Å². The second kappa shape index (κ2) is 5.87. The van der Waals surface area contributed by atoms with E-state index in [-0.39, 0.29) is 11.7 Å². The van der Waals surface area contributed by atoms with Gasteiger partial charge in [0.2, 0.25) is 0 Å². The number of hydrogen-bond acceptors (Lipinski definition) is 2. The zero-order valence-electron chi connectivity index (χ0n) is 11.8. The summed E-state index contributed by atoms with van der Waals surface area (Å²) < 4.78 is 19.0. The molecular weight excluding hydrogens is 255 g/mol. The fourth-order valence-electron chi connectivity index (χ4n) is 2.11. The predicted molar refractivity (Wildman–Crippen MR) is 77.3 cm³/mol. The van der Waals surface area contributed by atoms with Crippen molar-refractivity contribution < 1.29 is 13.9 Å². The van der Waals surface area contributed by atoms with Crippen LogP contribution in [0.2, 0.25) is 0 Å². The number of carbonyl (C=O) groups is 1. The van der Waals surface area contributed by atoms with E-state index in [1.807, 2.05) is 19.9 Å². The van der Waals surface area contributed by atoms with Gasteiger partial charge in [-0.15, -0.1) is 0 Å². The number of hydrogen-bond donors (Lipinski definition) is 0. The highest BCUT2D eigenvalue weighted by molar-refractivity contribution is 5.97. The molecule has 0 unspecified atom stereocenters. The van der Waals surface area contributed by atoms with Crippen molar-refractivity contribution in [2.24, 2.45) is 0 Å². The Labute approximate surface area is 118 Å². The van der Waals surface area contributed by atoms with Crippen molar-refractivity contribution in [1.29, 1.82) is 0 Å². The molecule has 2 aromatic carbocycles. The van der Waals surface area contributed by atoms with Gasteiger partial charge < -0.3 is 4.74 Å². The lowest BCUT2D eigenvalue weighted by molar-refractivity contribution is 0.0601. The summed E-state index contributed by atoms with van der Waals surface area (Å²) in [6, 6.07) is 12.0. The van der Waals surface area contributed by atoms with Crippen LogP contribution in [0.15, 0.2) is 42.5 Å². The summed E-state index contributed by atoms with van der Waals surface area (Å²) in [7, 11) is 1.32. The first-order valence-electron chi connectivity index (χ1n) is 6.51. The SMILES string of the molecule is COC(=O)c1ccccc1-c1ccc(C(C)C)cc1F. The zero-order chi connectivity index (χ0) is 14.7. The fraction of sp³-hybridized carbons (Fsp3) is 0.235. The van der Waals surface area contributed by atoms with Crippen LogP contribution in [0.3, 0.4) is 0 Å². The molecule has 0 aliphatic rings. The first-order chi connectivity index (χ1) is 9.54. The molecule has 3 heteroatoms. The van der Waals surface area contributed by atoms with E-state index in [0.717, 1.165) is 5.56 Å². The largest absolute Gasteiger partial charge is 0.465 e. The smallest absolute Gasteiger partial charge is 0.338 e. The number of carbonyl (C=O) groups excluding carboxylic acids is 1. The molecule has 2 rings (SSSR count). The molecule has 0 atom stereocenters. The summed E-state index contributed by atoms with van der Waals surface area (Å²) in [5, 5.41) is 0. The molecule has 0 aliphatic heterocycles. The second-order valence-electron chi connectivity index (χ2n) is 4.93. The number of benzene rings is 2. The molecule has 0 aromatic heterocycles. The Morgan fingerprint density at radius 1 is 1.10 bits per heavy atom. The summed E-state index contributed by atoms with van der Waals surface area (Å²) in [4.78, 5) is 11.7. The fourth-order valence-corrected chi connectivity index (χ4v) is 2.11. The molecule has 0 bridgehead atoms. The van der Waals surface area contributed by atoms with Crippen LogP contribution in [-0.4, -0.2) is 13.1 Å². The van der Waals surface area contributed by atoms with Crippen molar-refractivity contribution in [2.45, 2.75) is 19.8 Å². The van der Waals surface area contributed by atoms with E-state index in [2.05, 4.69) is 0 Å². The maximum Gasteiger partial charge on any atom is 0.338 e. The maximum atomic E-state index is 14.3. The van der Waals surface area contributed by atoms with Crippen LogP contribution in [0.5, 0.6) is 0 Å². The molecule has 0 N–H and O–H groups in total. The van der Waals surface area contributed by atoms with Crippen molar-refractivity contribution >= 4 is 5.97 Å². The number of halogens is 1. The number of esters is 1. The molecule has 0 radical (unpaired) electrons. The monoisotopic (exact) mass is 272 g/mol. The minimum atomic E-state index is -0.465. The third kappa shape index (κ3) is 2.72. The van der Waals surface area contributed by atoms with Crippen LogP contribution in [-0.2, 0) is 4.74 Å². The Bertz CT molecular complexity index is 633. The summed E-state index contributed by atoms with van der Waals surface area (Å²) in [5.74, 6) is -0.533. The molecule has 0 fully saturated rings. The van der Waals surface area contributed by atoms with E-state index in [9.17, 15) is 9.18 Å². The minimum absolute atomic E-state index is 0.259. The van der Waals surface area contributed by atoms with Gasteiger partial charge in [-0.3, -0.25) is 0 Å². The highest BCUT2D eigenvalue weighted by Gasteiger charge is 2.16. The standard InChI is InChI=1S/C17H17FO2/c1-11(2)12-8-9-14(16(18)10-12)13-6-4-5-7-15(13)17(19)20-3/h4-11H,1-3H3. The average Bonchev–Trinajstić information content (AvgIpc) is 2.46. The molecule has 0 saturated carbocycles. The molecule has 0 amide bonds. The zero-order valence-corrected chi connectivity index (χ0v) is 11.8. The van der Waals surface area contributed by atoms with E-state index in [4.69, 9.17) is 4.74 Å². The van der Waals surface area contributed by atoms with Gasteiger partial charge in [-0.1, -0.05) is 44.2 Å². The molecule has 0 heterocycles.